The minimum atomic E-state index is -0.316. The molecule has 0 fully saturated rings. The molecule has 0 radical (unpaired) electrons. The van der Waals surface area contributed by atoms with Crippen molar-refractivity contribution in [2.75, 3.05) is 6.54 Å². The molecule has 1 aliphatic heterocycles. The van der Waals surface area contributed by atoms with Crippen molar-refractivity contribution >= 4 is 5.91 Å². The van der Waals surface area contributed by atoms with Crippen LogP contribution < -0.4 is 10.1 Å². The fourth-order valence-electron chi connectivity index (χ4n) is 3.67. The number of carbonyl (C=O) groups is 1. The maximum Gasteiger partial charge on any atom is 0.253 e. The number of benzene rings is 2. The molecule has 5 heteroatoms. The molecule has 0 saturated carbocycles. The number of rotatable bonds is 4. The maximum absolute atomic E-state index is 14.2. The van der Waals surface area contributed by atoms with Crippen LogP contribution in [-0.2, 0) is 6.42 Å². The van der Waals surface area contributed by atoms with Crippen LogP contribution in [0.15, 0.2) is 54.6 Å². The molecule has 0 saturated heterocycles. The fraction of sp³-hybridized carbons (Fsp3) is 0.227. The number of ether oxygens (including phenoxy) is 1. The molecule has 0 aliphatic carbocycles. The van der Waals surface area contributed by atoms with Crippen LogP contribution in [0.3, 0.4) is 0 Å². The molecule has 1 amide bonds. The van der Waals surface area contributed by atoms with Crippen molar-refractivity contribution in [3.8, 4) is 11.4 Å². The highest BCUT2D eigenvalue weighted by Crippen LogP contribution is 2.28. The van der Waals surface area contributed by atoms with Crippen LogP contribution >= 0.6 is 0 Å². The molecular formula is C22H21FN2O2. The summed E-state index contributed by atoms with van der Waals surface area (Å²) in [4.78, 5) is 12.7. The number of nitrogens with one attached hydrogen (secondary N) is 1. The molecule has 2 aromatic carbocycles. The third-order valence-electron chi connectivity index (χ3n) is 4.97. The van der Waals surface area contributed by atoms with E-state index in [0.717, 1.165) is 23.4 Å². The number of fused-ring (bicyclic) bond motifs is 1. The third kappa shape index (κ3) is 3.21. The number of aromatic nitrogens is 1. The molecule has 1 aliphatic rings. The Balaban J connectivity index is 1.49. The van der Waals surface area contributed by atoms with Crippen molar-refractivity contribution in [1.29, 1.82) is 0 Å². The fourth-order valence-corrected chi connectivity index (χ4v) is 3.67. The summed E-state index contributed by atoms with van der Waals surface area (Å²) in [7, 11) is 0. The first-order valence-electron chi connectivity index (χ1n) is 9.01. The van der Waals surface area contributed by atoms with Gasteiger partial charge in [-0.3, -0.25) is 4.79 Å². The van der Waals surface area contributed by atoms with Gasteiger partial charge in [-0.05, 0) is 43.7 Å². The van der Waals surface area contributed by atoms with Crippen molar-refractivity contribution in [3.05, 3.63) is 82.9 Å². The largest absolute Gasteiger partial charge is 0.488 e. The quantitative estimate of drug-likeness (QED) is 0.761. The van der Waals surface area contributed by atoms with Crippen LogP contribution in [0.5, 0.6) is 5.75 Å². The van der Waals surface area contributed by atoms with E-state index < -0.39 is 0 Å². The van der Waals surface area contributed by atoms with Gasteiger partial charge in [0, 0.05) is 17.8 Å². The molecular weight excluding hydrogens is 343 g/mol. The molecule has 4 rings (SSSR count). The number of amides is 1. The average Bonchev–Trinajstić information content (AvgIpc) is 3.21. The molecule has 3 aromatic rings. The SMILES string of the molecule is Cc1cc(C(=O)NC[C@@H]2Cc3ccccc3O2)c(C)n1-c1ccccc1F. The van der Waals surface area contributed by atoms with Gasteiger partial charge in [-0.25, -0.2) is 4.39 Å². The molecule has 0 spiro atoms. The monoisotopic (exact) mass is 364 g/mol. The van der Waals surface area contributed by atoms with E-state index in [0.29, 0.717) is 23.5 Å². The van der Waals surface area contributed by atoms with E-state index in [1.807, 2.05) is 38.1 Å². The zero-order valence-electron chi connectivity index (χ0n) is 15.3. The molecule has 0 unspecified atom stereocenters. The average molecular weight is 364 g/mol. The van der Waals surface area contributed by atoms with Gasteiger partial charge < -0.3 is 14.6 Å². The normalized spacial score (nSPS) is 15.3. The maximum atomic E-state index is 14.2. The van der Waals surface area contributed by atoms with E-state index in [-0.39, 0.29) is 17.8 Å². The standard InChI is InChI=1S/C22H21FN2O2/c1-14-11-18(15(2)25(14)20-9-5-4-8-19(20)23)22(26)24-13-17-12-16-7-3-6-10-21(16)27-17/h3-11,17H,12-13H2,1-2H3,(H,24,26)/t17-/m0/s1. The van der Waals surface area contributed by atoms with Crippen LogP contribution in [0.1, 0.15) is 27.3 Å². The van der Waals surface area contributed by atoms with Crippen molar-refractivity contribution in [1.82, 2.24) is 9.88 Å². The Kier molecular flexibility index (Phi) is 4.44. The van der Waals surface area contributed by atoms with Gasteiger partial charge >= 0.3 is 0 Å². The Bertz CT molecular complexity index is 984. The van der Waals surface area contributed by atoms with Gasteiger partial charge in [0.15, 0.2) is 0 Å². The van der Waals surface area contributed by atoms with Gasteiger partial charge in [-0.1, -0.05) is 30.3 Å². The number of hydrogen-bond donors (Lipinski definition) is 1. The first-order valence-corrected chi connectivity index (χ1v) is 9.01. The highest BCUT2D eigenvalue weighted by atomic mass is 19.1. The number of halogens is 1. The zero-order chi connectivity index (χ0) is 19.0. The summed E-state index contributed by atoms with van der Waals surface area (Å²) >= 11 is 0. The molecule has 1 N–H and O–H groups in total. The van der Waals surface area contributed by atoms with Gasteiger partial charge in [0.25, 0.3) is 5.91 Å². The number of nitrogens with zero attached hydrogens (tertiary/aromatic N) is 1. The van der Waals surface area contributed by atoms with Crippen molar-refractivity contribution < 1.29 is 13.9 Å². The lowest BCUT2D eigenvalue weighted by Gasteiger charge is -2.13. The summed E-state index contributed by atoms with van der Waals surface area (Å²) in [5.74, 6) is 0.392. The van der Waals surface area contributed by atoms with Crippen LogP contribution in [0.25, 0.3) is 5.69 Å². The summed E-state index contributed by atoms with van der Waals surface area (Å²) in [5, 5.41) is 2.95. The van der Waals surface area contributed by atoms with Gasteiger partial charge in [-0.2, -0.15) is 0 Å². The Hall–Kier alpha value is -3.08. The van der Waals surface area contributed by atoms with Crippen molar-refractivity contribution in [2.24, 2.45) is 0 Å². The first kappa shape index (κ1) is 17.3. The molecule has 1 atom stereocenters. The molecule has 1 aromatic heterocycles. The Morgan fingerprint density at radius 2 is 1.93 bits per heavy atom. The highest BCUT2D eigenvalue weighted by molar-refractivity contribution is 5.96. The topological polar surface area (TPSA) is 43.3 Å². The zero-order valence-corrected chi connectivity index (χ0v) is 15.3. The number of aryl methyl sites for hydroxylation is 1. The lowest BCUT2D eigenvalue weighted by molar-refractivity contribution is 0.0933. The summed E-state index contributed by atoms with van der Waals surface area (Å²) in [6.45, 7) is 4.13. The minimum absolute atomic E-state index is 0.0681. The van der Waals surface area contributed by atoms with E-state index >= 15 is 0 Å². The molecule has 138 valence electrons. The van der Waals surface area contributed by atoms with Gasteiger partial charge in [0.2, 0.25) is 0 Å². The predicted molar refractivity (Wildman–Crippen MR) is 102 cm³/mol. The van der Waals surface area contributed by atoms with Crippen molar-refractivity contribution in [3.63, 3.8) is 0 Å². The second-order valence-corrected chi connectivity index (χ2v) is 6.83. The lowest BCUT2D eigenvalue weighted by Crippen LogP contribution is -2.34. The lowest BCUT2D eigenvalue weighted by atomic mass is 10.1. The molecule has 0 bridgehead atoms. The van der Waals surface area contributed by atoms with E-state index in [4.69, 9.17) is 4.74 Å². The van der Waals surface area contributed by atoms with E-state index in [2.05, 4.69) is 5.32 Å². The second-order valence-electron chi connectivity index (χ2n) is 6.83. The van der Waals surface area contributed by atoms with Gasteiger partial charge in [-0.15, -0.1) is 0 Å². The molecule has 2 heterocycles. The summed E-state index contributed by atoms with van der Waals surface area (Å²) < 4.78 is 21.8. The summed E-state index contributed by atoms with van der Waals surface area (Å²) in [6, 6.07) is 16.3. The highest BCUT2D eigenvalue weighted by Gasteiger charge is 2.24. The minimum Gasteiger partial charge on any atom is -0.488 e. The number of carbonyl (C=O) groups excluding carboxylic acids is 1. The van der Waals surface area contributed by atoms with Gasteiger partial charge in [0.1, 0.15) is 17.7 Å². The van der Waals surface area contributed by atoms with Gasteiger partial charge in [0.05, 0.1) is 17.8 Å². The molecule has 4 nitrogen and oxygen atoms in total. The van der Waals surface area contributed by atoms with Crippen molar-refractivity contribution in [2.45, 2.75) is 26.4 Å². The number of hydrogen-bond acceptors (Lipinski definition) is 2. The van der Waals surface area contributed by atoms with E-state index in [1.54, 1.807) is 28.8 Å². The van der Waals surface area contributed by atoms with E-state index in [1.165, 1.54) is 6.07 Å². The number of para-hydroxylation sites is 2. The molecule has 27 heavy (non-hydrogen) atoms. The van der Waals surface area contributed by atoms with Crippen LogP contribution in [0, 0.1) is 19.7 Å². The summed E-state index contributed by atoms with van der Waals surface area (Å²) in [6.07, 6.45) is 0.714. The second kappa shape index (κ2) is 6.91. The van der Waals surface area contributed by atoms with Crippen LogP contribution in [-0.4, -0.2) is 23.1 Å². The Morgan fingerprint density at radius 1 is 1.19 bits per heavy atom. The smallest absolute Gasteiger partial charge is 0.253 e. The van der Waals surface area contributed by atoms with Crippen LogP contribution in [0.4, 0.5) is 4.39 Å². The van der Waals surface area contributed by atoms with E-state index in [9.17, 15) is 9.18 Å². The Morgan fingerprint density at radius 3 is 2.70 bits per heavy atom. The summed E-state index contributed by atoms with van der Waals surface area (Å²) in [5.41, 5.74) is 3.68. The first-order chi connectivity index (χ1) is 13.0. The van der Waals surface area contributed by atoms with Crippen LogP contribution in [0.2, 0.25) is 0 Å². The third-order valence-corrected chi connectivity index (χ3v) is 4.97. The predicted octanol–water partition coefficient (Wildman–Crippen LogP) is 3.97. The Labute approximate surface area is 157 Å².